The van der Waals surface area contributed by atoms with E-state index >= 15 is 0 Å². The summed E-state index contributed by atoms with van der Waals surface area (Å²) in [6, 6.07) is 7.08. The molecule has 0 atom stereocenters. The summed E-state index contributed by atoms with van der Waals surface area (Å²) in [6.07, 6.45) is 0. The average Bonchev–Trinajstić information content (AvgIpc) is 2.83. The average molecular weight is 309 g/mol. The summed E-state index contributed by atoms with van der Waals surface area (Å²) in [5.41, 5.74) is 7.02. The molecule has 2 aromatic rings. The molecule has 0 amide bonds. The Bertz CT molecular complexity index is 669. The first kappa shape index (κ1) is 15.2. The number of rotatable bonds is 4. The molecule has 0 aliphatic rings. The van der Waals surface area contributed by atoms with Crippen molar-refractivity contribution >= 4 is 29.2 Å². The number of esters is 1. The van der Waals surface area contributed by atoms with Crippen LogP contribution in [0.2, 0.25) is 5.02 Å². The highest BCUT2D eigenvalue weighted by atomic mass is 35.5. The molecular weight excluding hydrogens is 292 g/mol. The van der Waals surface area contributed by atoms with Crippen LogP contribution in [0.3, 0.4) is 0 Å². The molecule has 112 valence electrons. The number of anilines is 2. The van der Waals surface area contributed by atoms with E-state index in [2.05, 4.69) is 5.10 Å². The Hall–Kier alpha value is -2.21. The largest absolute Gasteiger partial charge is 0.465 e. The predicted molar refractivity (Wildman–Crippen MR) is 83.3 cm³/mol. The molecule has 21 heavy (non-hydrogen) atoms. The second-order valence-corrected chi connectivity index (χ2v) is 4.92. The van der Waals surface area contributed by atoms with Crippen molar-refractivity contribution in [3.05, 3.63) is 34.9 Å². The smallest absolute Gasteiger partial charge is 0.345 e. The minimum Gasteiger partial charge on any atom is -0.465 e. The van der Waals surface area contributed by atoms with Crippen molar-refractivity contribution < 1.29 is 9.53 Å². The first-order valence-electron chi connectivity index (χ1n) is 6.43. The fourth-order valence-electron chi connectivity index (χ4n) is 1.94. The van der Waals surface area contributed by atoms with Crippen LogP contribution in [0.4, 0.5) is 11.6 Å². The SMILES string of the molecule is CCN(C)c1nn(-c2cccc(Cl)c2)c(N)c1C(=O)OC. The minimum atomic E-state index is -0.518. The van der Waals surface area contributed by atoms with Crippen LogP contribution in [0.15, 0.2) is 24.3 Å². The van der Waals surface area contributed by atoms with Gasteiger partial charge in [0.2, 0.25) is 0 Å². The molecule has 0 bridgehead atoms. The van der Waals surface area contributed by atoms with Crippen LogP contribution in [-0.2, 0) is 4.74 Å². The maximum Gasteiger partial charge on any atom is 0.345 e. The zero-order valence-corrected chi connectivity index (χ0v) is 12.9. The van der Waals surface area contributed by atoms with Gasteiger partial charge in [-0.15, -0.1) is 5.10 Å². The third-order valence-corrected chi connectivity index (χ3v) is 3.42. The number of nitrogens with zero attached hydrogens (tertiary/aromatic N) is 3. The van der Waals surface area contributed by atoms with Crippen LogP contribution >= 0.6 is 11.6 Å². The van der Waals surface area contributed by atoms with Gasteiger partial charge in [-0.1, -0.05) is 17.7 Å². The Balaban J connectivity index is 2.63. The summed E-state index contributed by atoms with van der Waals surface area (Å²) in [5, 5.41) is 4.98. The van der Waals surface area contributed by atoms with E-state index in [-0.39, 0.29) is 11.4 Å². The lowest BCUT2D eigenvalue weighted by atomic mass is 10.2. The molecular formula is C14H17ClN4O2. The van der Waals surface area contributed by atoms with Crippen LogP contribution < -0.4 is 10.6 Å². The van der Waals surface area contributed by atoms with Crippen molar-refractivity contribution in [1.82, 2.24) is 9.78 Å². The molecule has 0 spiro atoms. The van der Waals surface area contributed by atoms with Gasteiger partial charge in [0.25, 0.3) is 0 Å². The number of halogens is 1. The van der Waals surface area contributed by atoms with Crippen molar-refractivity contribution in [1.29, 1.82) is 0 Å². The standard InChI is InChI=1S/C14H17ClN4O2/c1-4-18(2)13-11(14(20)21-3)12(16)19(17-13)10-7-5-6-9(15)8-10/h5-8H,4,16H2,1-3H3. The molecule has 1 heterocycles. The van der Waals surface area contributed by atoms with Crippen LogP contribution in [-0.4, -0.2) is 36.5 Å². The Morgan fingerprint density at radius 1 is 1.52 bits per heavy atom. The van der Waals surface area contributed by atoms with Crippen LogP contribution in [0, 0.1) is 0 Å². The Morgan fingerprint density at radius 3 is 2.81 bits per heavy atom. The summed E-state index contributed by atoms with van der Waals surface area (Å²) in [6.45, 7) is 2.63. The van der Waals surface area contributed by atoms with E-state index in [1.165, 1.54) is 11.8 Å². The van der Waals surface area contributed by atoms with E-state index in [4.69, 9.17) is 22.1 Å². The molecule has 2 N–H and O–H groups in total. The molecule has 0 saturated heterocycles. The number of hydrogen-bond acceptors (Lipinski definition) is 5. The fraction of sp³-hybridized carbons (Fsp3) is 0.286. The number of aromatic nitrogens is 2. The Kier molecular flexibility index (Phi) is 4.37. The summed E-state index contributed by atoms with van der Waals surface area (Å²) in [5.74, 6) is 0.178. The molecule has 0 unspecified atom stereocenters. The van der Waals surface area contributed by atoms with Gasteiger partial charge >= 0.3 is 5.97 Å². The lowest BCUT2D eigenvalue weighted by Gasteiger charge is -2.14. The van der Waals surface area contributed by atoms with Crippen molar-refractivity contribution in [3.8, 4) is 5.69 Å². The number of benzene rings is 1. The van der Waals surface area contributed by atoms with Crippen LogP contribution in [0.1, 0.15) is 17.3 Å². The maximum atomic E-state index is 12.0. The molecule has 0 aliphatic carbocycles. The third kappa shape index (κ3) is 2.80. The van der Waals surface area contributed by atoms with E-state index < -0.39 is 5.97 Å². The lowest BCUT2D eigenvalue weighted by Crippen LogP contribution is -2.19. The van der Waals surface area contributed by atoms with E-state index in [9.17, 15) is 4.79 Å². The summed E-state index contributed by atoms with van der Waals surface area (Å²) < 4.78 is 6.29. The zero-order chi connectivity index (χ0) is 15.6. The van der Waals surface area contributed by atoms with E-state index in [0.29, 0.717) is 23.1 Å². The number of carbonyl (C=O) groups excluding carboxylic acids is 1. The number of hydrogen-bond donors (Lipinski definition) is 1. The fourth-order valence-corrected chi connectivity index (χ4v) is 2.12. The third-order valence-electron chi connectivity index (χ3n) is 3.18. The Labute approximate surface area is 128 Å². The van der Waals surface area contributed by atoms with Crippen molar-refractivity contribution in [2.45, 2.75) is 6.92 Å². The van der Waals surface area contributed by atoms with E-state index in [1.807, 2.05) is 24.9 Å². The maximum absolute atomic E-state index is 12.0. The second kappa shape index (κ2) is 6.05. The molecule has 0 fully saturated rings. The number of nitrogen functional groups attached to an aromatic ring is 1. The van der Waals surface area contributed by atoms with Gasteiger partial charge in [0.1, 0.15) is 11.4 Å². The normalized spacial score (nSPS) is 10.5. The quantitative estimate of drug-likeness (QED) is 0.878. The predicted octanol–water partition coefficient (Wildman–Crippen LogP) is 2.35. The van der Waals surface area contributed by atoms with Gasteiger partial charge in [-0.05, 0) is 25.1 Å². The highest BCUT2D eigenvalue weighted by Gasteiger charge is 2.25. The van der Waals surface area contributed by atoms with Gasteiger partial charge < -0.3 is 15.4 Å². The highest BCUT2D eigenvalue weighted by Crippen LogP contribution is 2.28. The Morgan fingerprint density at radius 2 is 2.24 bits per heavy atom. The number of methoxy groups -OCH3 is 1. The lowest BCUT2D eigenvalue weighted by molar-refractivity contribution is 0.0602. The summed E-state index contributed by atoms with van der Waals surface area (Å²) in [7, 11) is 3.14. The number of carbonyl (C=O) groups is 1. The van der Waals surface area contributed by atoms with Gasteiger partial charge in [-0.25, -0.2) is 9.48 Å². The highest BCUT2D eigenvalue weighted by molar-refractivity contribution is 6.30. The molecule has 1 aromatic heterocycles. The van der Waals surface area contributed by atoms with E-state index in [0.717, 1.165) is 0 Å². The van der Waals surface area contributed by atoms with Gasteiger partial charge in [-0.3, -0.25) is 0 Å². The number of nitrogens with two attached hydrogens (primary N) is 1. The monoisotopic (exact) mass is 308 g/mol. The first-order valence-corrected chi connectivity index (χ1v) is 6.81. The molecule has 2 rings (SSSR count). The molecule has 1 aromatic carbocycles. The van der Waals surface area contributed by atoms with Crippen molar-refractivity contribution in [2.75, 3.05) is 31.3 Å². The molecule has 7 heteroatoms. The minimum absolute atomic E-state index is 0.222. The molecule has 0 aliphatic heterocycles. The molecule has 6 nitrogen and oxygen atoms in total. The van der Waals surface area contributed by atoms with Gasteiger partial charge in [-0.2, -0.15) is 0 Å². The van der Waals surface area contributed by atoms with Crippen molar-refractivity contribution in [2.24, 2.45) is 0 Å². The van der Waals surface area contributed by atoms with Gasteiger partial charge in [0, 0.05) is 18.6 Å². The van der Waals surface area contributed by atoms with Crippen molar-refractivity contribution in [3.63, 3.8) is 0 Å². The summed E-state index contributed by atoms with van der Waals surface area (Å²) >= 11 is 5.99. The number of ether oxygens (including phenoxy) is 1. The second-order valence-electron chi connectivity index (χ2n) is 4.48. The van der Waals surface area contributed by atoms with Gasteiger partial charge in [0.15, 0.2) is 5.82 Å². The van der Waals surface area contributed by atoms with Gasteiger partial charge in [0.05, 0.1) is 12.8 Å². The first-order chi connectivity index (χ1) is 9.99. The topological polar surface area (TPSA) is 73.4 Å². The molecule has 0 radical (unpaired) electrons. The molecule has 0 saturated carbocycles. The van der Waals surface area contributed by atoms with Crippen LogP contribution in [0.5, 0.6) is 0 Å². The van der Waals surface area contributed by atoms with E-state index in [1.54, 1.807) is 18.2 Å². The van der Waals surface area contributed by atoms with Crippen LogP contribution in [0.25, 0.3) is 5.69 Å². The zero-order valence-electron chi connectivity index (χ0n) is 12.1. The summed E-state index contributed by atoms with van der Waals surface area (Å²) in [4.78, 5) is 13.8.